The summed E-state index contributed by atoms with van der Waals surface area (Å²) < 4.78 is 0. The van der Waals surface area contributed by atoms with Gasteiger partial charge in [0.05, 0.1) is 11.3 Å². The van der Waals surface area contributed by atoms with Crippen LogP contribution in [-0.4, -0.2) is 29.7 Å². The Hall–Kier alpha value is -2.27. The zero-order valence-electron chi connectivity index (χ0n) is 17.2. The number of carbonyl (C=O) groups excluding carboxylic acids is 2. The number of hydrogen-bond acceptors (Lipinski definition) is 3. The molecule has 1 aliphatic carbocycles. The molecule has 1 aliphatic rings. The van der Waals surface area contributed by atoms with Crippen LogP contribution in [0.15, 0.2) is 59.5 Å². The molecule has 5 heteroatoms. The van der Waals surface area contributed by atoms with Crippen molar-refractivity contribution in [2.75, 3.05) is 5.75 Å². The van der Waals surface area contributed by atoms with Crippen LogP contribution in [0.1, 0.15) is 61.4 Å². The van der Waals surface area contributed by atoms with Gasteiger partial charge < -0.3 is 10.6 Å². The molecule has 0 aromatic heterocycles. The van der Waals surface area contributed by atoms with Crippen LogP contribution in [0.5, 0.6) is 0 Å². The van der Waals surface area contributed by atoms with Crippen molar-refractivity contribution in [3.8, 4) is 0 Å². The molecule has 2 amide bonds. The quantitative estimate of drug-likeness (QED) is 0.647. The van der Waals surface area contributed by atoms with Gasteiger partial charge in [-0.1, -0.05) is 42.5 Å². The molecule has 0 atom stereocenters. The van der Waals surface area contributed by atoms with Gasteiger partial charge in [-0.05, 0) is 63.1 Å². The highest BCUT2D eigenvalue weighted by molar-refractivity contribution is 8.00. The van der Waals surface area contributed by atoms with Crippen LogP contribution >= 0.6 is 11.8 Å². The molecular weight excluding hydrogens is 380 g/mol. The molecular formula is C24H30N2O2S. The van der Waals surface area contributed by atoms with Gasteiger partial charge in [0.25, 0.3) is 5.91 Å². The van der Waals surface area contributed by atoms with Crippen molar-refractivity contribution in [2.45, 2.75) is 62.4 Å². The lowest BCUT2D eigenvalue weighted by Gasteiger charge is -2.29. The molecule has 4 nitrogen and oxygen atoms in total. The average Bonchev–Trinajstić information content (AvgIpc) is 2.73. The Labute approximate surface area is 177 Å². The molecule has 1 fully saturated rings. The minimum Gasteiger partial charge on any atom is -0.353 e. The number of thioether (sulfide) groups is 1. The molecule has 0 heterocycles. The summed E-state index contributed by atoms with van der Waals surface area (Å²) in [5, 5.41) is 6.10. The molecule has 2 aromatic rings. The average molecular weight is 411 g/mol. The summed E-state index contributed by atoms with van der Waals surface area (Å²) in [5.41, 5.74) is 2.05. The second-order valence-electron chi connectivity index (χ2n) is 7.94. The Balaban J connectivity index is 1.54. The summed E-state index contributed by atoms with van der Waals surface area (Å²) in [6.45, 7) is 3.88. The molecule has 0 aliphatic heterocycles. The first kappa shape index (κ1) is 21.4. The number of benzene rings is 2. The predicted molar refractivity (Wildman–Crippen MR) is 119 cm³/mol. The SMILES string of the molecule is CC(C)NC(=O)CSc1ccccc1C(=O)NC1CCC(c2ccccc2)CC1. The molecule has 2 N–H and O–H groups in total. The lowest BCUT2D eigenvalue weighted by Crippen LogP contribution is -2.37. The first-order chi connectivity index (χ1) is 14.0. The van der Waals surface area contributed by atoms with Gasteiger partial charge in [-0.3, -0.25) is 9.59 Å². The van der Waals surface area contributed by atoms with E-state index in [9.17, 15) is 9.59 Å². The maximum absolute atomic E-state index is 12.9. The third-order valence-corrected chi connectivity index (χ3v) is 6.35. The summed E-state index contributed by atoms with van der Waals surface area (Å²) in [6.07, 6.45) is 4.19. The van der Waals surface area contributed by atoms with Crippen LogP contribution in [0.2, 0.25) is 0 Å². The van der Waals surface area contributed by atoms with E-state index in [1.54, 1.807) is 0 Å². The number of rotatable bonds is 7. The molecule has 0 spiro atoms. The predicted octanol–water partition coefficient (Wildman–Crippen LogP) is 4.76. The number of carbonyl (C=O) groups is 2. The van der Waals surface area contributed by atoms with E-state index in [0.29, 0.717) is 17.2 Å². The van der Waals surface area contributed by atoms with Gasteiger partial charge >= 0.3 is 0 Å². The number of hydrogen-bond donors (Lipinski definition) is 2. The molecule has 0 saturated heterocycles. The van der Waals surface area contributed by atoms with Gasteiger partial charge in [0.2, 0.25) is 5.91 Å². The van der Waals surface area contributed by atoms with Gasteiger partial charge in [-0.15, -0.1) is 11.8 Å². The molecule has 1 saturated carbocycles. The third-order valence-electron chi connectivity index (χ3n) is 5.27. The highest BCUT2D eigenvalue weighted by Crippen LogP contribution is 2.33. The summed E-state index contributed by atoms with van der Waals surface area (Å²) in [5.74, 6) is 0.844. The van der Waals surface area contributed by atoms with Gasteiger partial charge in [0.15, 0.2) is 0 Å². The van der Waals surface area contributed by atoms with E-state index in [1.165, 1.54) is 17.3 Å². The second kappa shape index (κ2) is 10.5. The molecule has 2 aromatic carbocycles. The highest BCUT2D eigenvalue weighted by Gasteiger charge is 2.24. The Kier molecular flexibility index (Phi) is 7.76. The van der Waals surface area contributed by atoms with Crippen molar-refractivity contribution < 1.29 is 9.59 Å². The Morgan fingerprint density at radius 3 is 2.31 bits per heavy atom. The van der Waals surface area contributed by atoms with Gasteiger partial charge in [0, 0.05) is 17.0 Å². The van der Waals surface area contributed by atoms with Crippen LogP contribution < -0.4 is 10.6 Å². The van der Waals surface area contributed by atoms with E-state index in [-0.39, 0.29) is 23.9 Å². The smallest absolute Gasteiger partial charge is 0.252 e. The van der Waals surface area contributed by atoms with Crippen LogP contribution in [-0.2, 0) is 4.79 Å². The van der Waals surface area contributed by atoms with Gasteiger partial charge in [-0.25, -0.2) is 0 Å². The summed E-state index contributed by atoms with van der Waals surface area (Å²) in [4.78, 5) is 25.7. The Morgan fingerprint density at radius 2 is 1.62 bits per heavy atom. The van der Waals surface area contributed by atoms with E-state index < -0.39 is 0 Å². The zero-order valence-corrected chi connectivity index (χ0v) is 18.0. The van der Waals surface area contributed by atoms with E-state index in [2.05, 4.69) is 41.0 Å². The van der Waals surface area contributed by atoms with Crippen LogP contribution in [0.3, 0.4) is 0 Å². The van der Waals surface area contributed by atoms with Crippen molar-refractivity contribution in [1.82, 2.24) is 10.6 Å². The summed E-state index contributed by atoms with van der Waals surface area (Å²) in [6, 6.07) is 18.5. The molecule has 154 valence electrons. The standard InChI is InChI=1S/C24H30N2O2S/c1-17(2)25-23(27)16-29-22-11-7-6-10-21(22)24(28)26-20-14-12-19(13-15-20)18-8-4-3-5-9-18/h3-11,17,19-20H,12-16H2,1-2H3,(H,25,27)(H,26,28). The normalized spacial score (nSPS) is 19.0. The van der Waals surface area contributed by atoms with Crippen LogP contribution in [0, 0.1) is 0 Å². The van der Waals surface area contributed by atoms with Crippen molar-refractivity contribution in [1.29, 1.82) is 0 Å². The second-order valence-corrected chi connectivity index (χ2v) is 8.96. The van der Waals surface area contributed by atoms with Gasteiger partial charge in [-0.2, -0.15) is 0 Å². The van der Waals surface area contributed by atoms with E-state index >= 15 is 0 Å². The fourth-order valence-electron chi connectivity index (χ4n) is 3.85. The first-order valence-electron chi connectivity index (χ1n) is 10.4. The van der Waals surface area contributed by atoms with E-state index in [0.717, 1.165) is 30.6 Å². The van der Waals surface area contributed by atoms with Gasteiger partial charge in [0.1, 0.15) is 0 Å². The molecule has 3 rings (SSSR count). The Bertz CT molecular complexity index is 815. The van der Waals surface area contributed by atoms with Crippen LogP contribution in [0.4, 0.5) is 0 Å². The Morgan fingerprint density at radius 1 is 0.966 bits per heavy atom. The van der Waals surface area contributed by atoms with Crippen molar-refractivity contribution in [3.05, 3.63) is 65.7 Å². The maximum Gasteiger partial charge on any atom is 0.252 e. The molecule has 0 bridgehead atoms. The zero-order chi connectivity index (χ0) is 20.6. The third kappa shape index (κ3) is 6.36. The summed E-state index contributed by atoms with van der Waals surface area (Å²) in [7, 11) is 0. The first-order valence-corrected chi connectivity index (χ1v) is 11.4. The minimum atomic E-state index is -0.0412. The summed E-state index contributed by atoms with van der Waals surface area (Å²) >= 11 is 1.41. The monoisotopic (exact) mass is 410 g/mol. The molecule has 0 unspecified atom stereocenters. The lowest BCUT2D eigenvalue weighted by molar-refractivity contribution is -0.119. The maximum atomic E-state index is 12.9. The highest BCUT2D eigenvalue weighted by atomic mass is 32.2. The lowest BCUT2D eigenvalue weighted by atomic mass is 9.82. The molecule has 0 radical (unpaired) electrons. The largest absolute Gasteiger partial charge is 0.353 e. The van der Waals surface area contributed by atoms with E-state index in [1.807, 2.05) is 38.1 Å². The fraction of sp³-hybridized carbons (Fsp3) is 0.417. The fourth-order valence-corrected chi connectivity index (χ4v) is 4.71. The molecule has 29 heavy (non-hydrogen) atoms. The van der Waals surface area contributed by atoms with Crippen molar-refractivity contribution in [2.24, 2.45) is 0 Å². The topological polar surface area (TPSA) is 58.2 Å². The van der Waals surface area contributed by atoms with Crippen molar-refractivity contribution >= 4 is 23.6 Å². The van der Waals surface area contributed by atoms with E-state index in [4.69, 9.17) is 0 Å². The number of nitrogens with one attached hydrogen (secondary N) is 2. The minimum absolute atomic E-state index is 0.0144. The van der Waals surface area contributed by atoms with Crippen LogP contribution in [0.25, 0.3) is 0 Å². The number of amides is 2. The van der Waals surface area contributed by atoms with Crippen molar-refractivity contribution in [3.63, 3.8) is 0 Å².